The van der Waals surface area contributed by atoms with Crippen LogP contribution in [0.1, 0.15) is 15.4 Å². The van der Waals surface area contributed by atoms with E-state index in [0.29, 0.717) is 28.3 Å². The largest absolute Gasteiger partial charge is 0.482 e. The number of carbonyl (C=O) groups excluding carboxylic acids is 1. The van der Waals surface area contributed by atoms with Gasteiger partial charge in [0.2, 0.25) is 0 Å². The number of thiazole rings is 1. The van der Waals surface area contributed by atoms with Gasteiger partial charge in [0.25, 0.3) is 5.91 Å². The molecule has 2 N–H and O–H groups in total. The van der Waals surface area contributed by atoms with Crippen molar-refractivity contribution >= 4 is 33.9 Å². The average Bonchev–Trinajstić information content (AvgIpc) is 3.10. The number of hydrogen-bond donors (Lipinski definition) is 2. The standard InChI is InChI=1S/C15H8F3N3O4S/c16-15(17,18)12-11(13(23)24)26-14-20-8(4-21(12)14)6-1-2-9-7(3-6)19-10(22)5-25-9/h1-4H,5H2,(H,19,22)(H,23,24). The van der Waals surface area contributed by atoms with E-state index in [9.17, 15) is 22.8 Å². The lowest BCUT2D eigenvalue weighted by Crippen LogP contribution is -2.25. The number of anilines is 1. The highest BCUT2D eigenvalue weighted by Crippen LogP contribution is 2.39. The maximum atomic E-state index is 13.3. The minimum absolute atomic E-state index is 0.0947. The molecule has 0 radical (unpaired) electrons. The third kappa shape index (κ3) is 2.56. The van der Waals surface area contributed by atoms with Gasteiger partial charge in [-0.1, -0.05) is 11.3 Å². The Morgan fingerprint density at radius 2 is 2.15 bits per heavy atom. The summed E-state index contributed by atoms with van der Waals surface area (Å²) < 4.78 is 45.8. The number of aromatic nitrogens is 2. The second-order valence-electron chi connectivity index (χ2n) is 5.41. The summed E-state index contributed by atoms with van der Waals surface area (Å²) in [4.78, 5) is 25.7. The number of aromatic carboxylic acids is 1. The molecule has 3 heterocycles. The maximum Gasteiger partial charge on any atom is 0.433 e. The minimum atomic E-state index is -4.85. The fourth-order valence-corrected chi connectivity index (χ4v) is 3.60. The Kier molecular flexibility index (Phi) is 3.44. The number of hydrogen-bond acceptors (Lipinski definition) is 5. The van der Waals surface area contributed by atoms with E-state index in [2.05, 4.69) is 10.3 Å². The van der Waals surface area contributed by atoms with Crippen LogP contribution in [-0.4, -0.2) is 33.0 Å². The lowest BCUT2D eigenvalue weighted by Gasteiger charge is -2.18. The van der Waals surface area contributed by atoms with Gasteiger partial charge in [0.1, 0.15) is 10.6 Å². The molecule has 0 atom stereocenters. The summed E-state index contributed by atoms with van der Waals surface area (Å²) in [5.41, 5.74) is -0.229. The van der Waals surface area contributed by atoms with Crippen LogP contribution in [0.4, 0.5) is 18.9 Å². The van der Waals surface area contributed by atoms with E-state index in [4.69, 9.17) is 9.84 Å². The van der Waals surface area contributed by atoms with Crippen LogP contribution in [0.5, 0.6) is 5.75 Å². The van der Waals surface area contributed by atoms with Gasteiger partial charge in [-0.3, -0.25) is 9.20 Å². The van der Waals surface area contributed by atoms with Crippen molar-refractivity contribution in [1.82, 2.24) is 9.38 Å². The normalized spacial score (nSPS) is 14.0. The zero-order chi connectivity index (χ0) is 18.6. The van der Waals surface area contributed by atoms with Gasteiger partial charge in [0.15, 0.2) is 17.3 Å². The van der Waals surface area contributed by atoms with E-state index in [-0.39, 0.29) is 23.2 Å². The first-order chi connectivity index (χ1) is 12.2. The van der Waals surface area contributed by atoms with Gasteiger partial charge < -0.3 is 15.2 Å². The summed E-state index contributed by atoms with van der Waals surface area (Å²) >= 11 is 0.441. The van der Waals surface area contributed by atoms with Crippen LogP contribution in [0.25, 0.3) is 16.2 Å². The Balaban J connectivity index is 1.84. The summed E-state index contributed by atoms with van der Waals surface area (Å²) in [5, 5.41) is 11.6. The zero-order valence-electron chi connectivity index (χ0n) is 12.6. The quantitative estimate of drug-likeness (QED) is 0.709. The number of alkyl halides is 3. The molecule has 11 heteroatoms. The highest BCUT2D eigenvalue weighted by molar-refractivity contribution is 7.19. The Morgan fingerprint density at radius 1 is 1.38 bits per heavy atom. The second kappa shape index (κ2) is 5.46. The van der Waals surface area contributed by atoms with E-state index in [1.165, 1.54) is 6.07 Å². The number of ether oxygens (including phenoxy) is 1. The number of rotatable bonds is 2. The van der Waals surface area contributed by atoms with E-state index in [0.717, 1.165) is 10.6 Å². The molecule has 1 aliphatic rings. The van der Waals surface area contributed by atoms with Crippen molar-refractivity contribution in [2.45, 2.75) is 6.18 Å². The van der Waals surface area contributed by atoms with Crippen LogP contribution in [0.15, 0.2) is 24.4 Å². The number of benzene rings is 1. The summed E-state index contributed by atoms with van der Waals surface area (Å²) in [6, 6.07) is 4.70. The molecule has 1 aliphatic heterocycles. The molecule has 26 heavy (non-hydrogen) atoms. The number of carboxylic acid groups (broad SMARTS) is 1. The lowest BCUT2D eigenvalue weighted by molar-refractivity contribution is -0.142. The monoisotopic (exact) mass is 383 g/mol. The molecular formula is C15H8F3N3O4S. The molecular weight excluding hydrogens is 375 g/mol. The average molecular weight is 383 g/mol. The Bertz CT molecular complexity index is 1070. The number of imidazole rings is 1. The van der Waals surface area contributed by atoms with Gasteiger partial charge >= 0.3 is 12.1 Å². The first-order valence-corrected chi connectivity index (χ1v) is 7.95. The number of fused-ring (bicyclic) bond motifs is 2. The molecule has 1 amide bonds. The first kappa shape index (κ1) is 16.4. The van der Waals surface area contributed by atoms with Gasteiger partial charge in [-0.05, 0) is 18.2 Å². The first-order valence-electron chi connectivity index (χ1n) is 7.13. The molecule has 1 aromatic carbocycles. The molecule has 3 aromatic rings. The second-order valence-corrected chi connectivity index (χ2v) is 6.39. The maximum absolute atomic E-state index is 13.3. The van der Waals surface area contributed by atoms with Crippen molar-refractivity contribution in [3.63, 3.8) is 0 Å². The zero-order valence-corrected chi connectivity index (χ0v) is 13.4. The summed E-state index contributed by atoms with van der Waals surface area (Å²) in [5.74, 6) is -1.56. The van der Waals surface area contributed by atoms with Crippen LogP contribution in [0.2, 0.25) is 0 Å². The number of nitrogens with zero attached hydrogens (tertiary/aromatic N) is 2. The highest BCUT2D eigenvalue weighted by atomic mass is 32.1. The number of carboxylic acids is 1. The number of carbonyl (C=O) groups is 2. The molecule has 134 valence electrons. The van der Waals surface area contributed by atoms with Crippen molar-refractivity contribution in [2.75, 3.05) is 11.9 Å². The third-order valence-electron chi connectivity index (χ3n) is 3.69. The third-order valence-corrected chi connectivity index (χ3v) is 4.74. The van der Waals surface area contributed by atoms with Gasteiger partial charge in [0, 0.05) is 11.8 Å². The topological polar surface area (TPSA) is 92.9 Å². The summed E-state index contributed by atoms with van der Waals surface area (Å²) in [7, 11) is 0. The molecule has 0 unspecified atom stereocenters. The Labute approximate surface area is 146 Å². The predicted molar refractivity (Wildman–Crippen MR) is 84.6 cm³/mol. The van der Waals surface area contributed by atoms with E-state index in [1.807, 2.05) is 0 Å². The van der Waals surface area contributed by atoms with E-state index < -0.39 is 22.7 Å². The SMILES string of the molecule is O=C1COc2ccc(-c3cn4c(C(F)(F)F)c(C(=O)O)sc4n3)cc2N1. The minimum Gasteiger partial charge on any atom is -0.482 e. The molecule has 0 spiro atoms. The van der Waals surface area contributed by atoms with E-state index in [1.54, 1.807) is 12.1 Å². The summed E-state index contributed by atoms with van der Waals surface area (Å²) in [6.45, 7) is -0.112. The molecule has 0 fully saturated rings. The molecule has 0 bridgehead atoms. The molecule has 0 aliphatic carbocycles. The van der Waals surface area contributed by atoms with Crippen molar-refractivity contribution in [2.24, 2.45) is 0 Å². The van der Waals surface area contributed by atoms with E-state index >= 15 is 0 Å². The van der Waals surface area contributed by atoms with Gasteiger partial charge in [0.05, 0.1) is 11.4 Å². The van der Waals surface area contributed by atoms with Crippen molar-refractivity contribution in [3.05, 3.63) is 35.0 Å². The van der Waals surface area contributed by atoms with Crippen LogP contribution in [0, 0.1) is 0 Å². The molecule has 0 saturated carbocycles. The fraction of sp³-hybridized carbons (Fsp3) is 0.133. The number of amides is 1. The number of halogens is 3. The molecule has 4 rings (SSSR count). The molecule has 2 aromatic heterocycles. The predicted octanol–water partition coefficient (Wildman–Crippen LogP) is 3.11. The lowest BCUT2D eigenvalue weighted by atomic mass is 10.1. The van der Waals surface area contributed by atoms with Crippen LogP contribution >= 0.6 is 11.3 Å². The number of nitrogens with one attached hydrogen (secondary N) is 1. The van der Waals surface area contributed by atoms with Gasteiger partial charge in [-0.2, -0.15) is 13.2 Å². The van der Waals surface area contributed by atoms with Crippen LogP contribution in [0.3, 0.4) is 0 Å². The van der Waals surface area contributed by atoms with Crippen molar-refractivity contribution in [1.29, 1.82) is 0 Å². The molecule has 0 saturated heterocycles. The fourth-order valence-electron chi connectivity index (χ4n) is 2.64. The van der Waals surface area contributed by atoms with Crippen LogP contribution < -0.4 is 10.1 Å². The highest BCUT2D eigenvalue weighted by Gasteiger charge is 2.40. The van der Waals surface area contributed by atoms with Crippen molar-refractivity contribution in [3.8, 4) is 17.0 Å². The molecule has 7 nitrogen and oxygen atoms in total. The van der Waals surface area contributed by atoms with Gasteiger partial charge in [-0.15, -0.1) is 0 Å². The van der Waals surface area contributed by atoms with Crippen molar-refractivity contribution < 1.29 is 32.6 Å². The Morgan fingerprint density at radius 3 is 2.85 bits per heavy atom. The van der Waals surface area contributed by atoms with Crippen LogP contribution in [-0.2, 0) is 11.0 Å². The van der Waals surface area contributed by atoms with Gasteiger partial charge in [-0.25, -0.2) is 9.78 Å². The Hall–Kier alpha value is -3.08. The summed E-state index contributed by atoms with van der Waals surface area (Å²) in [6.07, 6.45) is -3.73. The smallest absolute Gasteiger partial charge is 0.433 e.